The average Bonchev–Trinajstić information content (AvgIpc) is 3.10. The number of nitrogens with one attached hydrogen (secondary N) is 1. The minimum Gasteiger partial charge on any atom is -0.494 e. The van der Waals surface area contributed by atoms with E-state index in [-0.39, 0.29) is 35.4 Å². The molecule has 0 radical (unpaired) electrons. The number of fused-ring (bicyclic) bond motifs is 1. The standard InChI is InChI=1S/C32H36N2O5S.ClH/c1-3-39-30-11-6-24(7-12-30)25-8-13-31-27(20-25)21-26(16-19-40(31,36)37)32(35)33-28-9-4-23(5-10-28)22-34(2)29-14-17-38-18-15-29;/h4-13,20-21,29H,3,14-19,22H2,1-2H3,(H,33,35);1H. The maximum Gasteiger partial charge on any atom is 0.251 e. The molecule has 3 aromatic carbocycles. The van der Waals surface area contributed by atoms with Crippen molar-refractivity contribution in [2.24, 2.45) is 0 Å². The molecule has 0 atom stereocenters. The summed E-state index contributed by atoms with van der Waals surface area (Å²) < 4.78 is 37.1. The van der Waals surface area contributed by atoms with E-state index in [2.05, 4.69) is 17.3 Å². The number of rotatable bonds is 8. The van der Waals surface area contributed by atoms with E-state index in [0.29, 0.717) is 29.5 Å². The highest BCUT2D eigenvalue weighted by atomic mass is 35.5. The Hall–Kier alpha value is -3.17. The Morgan fingerprint density at radius 3 is 2.37 bits per heavy atom. The van der Waals surface area contributed by atoms with Crippen LogP contribution in [0, 0.1) is 0 Å². The van der Waals surface area contributed by atoms with Crippen LogP contribution in [0.1, 0.15) is 37.3 Å². The van der Waals surface area contributed by atoms with Crippen LogP contribution in [0.5, 0.6) is 5.75 Å². The summed E-state index contributed by atoms with van der Waals surface area (Å²) in [6.07, 6.45) is 3.94. The van der Waals surface area contributed by atoms with Gasteiger partial charge in [0.25, 0.3) is 5.91 Å². The van der Waals surface area contributed by atoms with Crippen LogP contribution in [0.4, 0.5) is 5.69 Å². The Morgan fingerprint density at radius 2 is 1.68 bits per heavy atom. The van der Waals surface area contributed by atoms with Gasteiger partial charge in [0.2, 0.25) is 0 Å². The van der Waals surface area contributed by atoms with E-state index in [0.717, 1.165) is 49.5 Å². The van der Waals surface area contributed by atoms with Gasteiger partial charge in [0, 0.05) is 37.1 Å². The predicted octanol–water partition coefficient (Wildman–Crippen LogP) is 5.98. The molecule has 5 rings (SSSR count). The van der Waals surface area contributed by atoms with Crippen LogP contribution in [-0.4, -0.2) is 57.9 Å². The van der Waals surface area contributed by atoms with Crippen molar-refractivity contribution < 1.29 is 22.7 Å². The summed E-state index contributed by atoms with van der Waals surface area (Å²) in [6.45, 7) is 4.97. The molecule has 7 nitrogen and oxygen atoms in total. The fraction of sp³-hybridized carbons (Fsp3) is 0.344. The van der Waals surface area contributed by atoms with Crippen LogP contribution >= 0.6 is 12.4 Å². The molecule has 1 amide bonds. The first-order valence-corrected chi connectivity index (χ1v) is 15.5. The average molecular weight is 597 g/mol. The smallest absolute Gasteiger partial charge is 0.251 e. The molecule has 0 aliphatic carbocycles. The van der Waals surface area contributed by atoms with E-state index in [1.165, 1.54) is 5.56 Å². The van der Waals surface area contributed by atoms with Gasteiger partial charge in [-0.15, -0.1) is 12.4 Å². The Morgan fingerprint density at radius 1 is 1.00 bits per heavy atom. The van der Waals surface area contributed by atoms with Crippen molar-refractivity contribution in [2.45, 2.75) is 43.7 Å². The zero-order valence-electron chi connectivity index (χ0n) is 23.5. The predicted molar refractivity (Wildman–Crippen MR) is 165 cm³/mol. The van der Waals surface area contributed by atoms with Crippen LogP contribution in [0.2, 0.25) is 0 Å². The number of sulfone groups is 1. The number of nitrogens with zero attached hydrogens (tertiary/aromatic N) is 1. The molecule has 41 heavy (non-hydrogen) atoms. The van der Waals surface area contributed by atoms with Gasteiger partial charge in [0.15, 0.2) is 9.84 Å². The Balaban J connectivity index is 0.00000387. The lowest BCUT2D eigenvalue weighted by Crippen LogP contribution is -2.36. The molecule has 2 heterocycles. The highest BCUT2D eigenvalue weighted by Crippen LogP contribution is 2.32. The molecule has 0 spiro atoms. The first-order chi connectivity index (χ1) is 19.3. The van der Waals surface area contributed by atoms with Gasteiger partial charge in [-0.25, -0.2) is 8.42 Å². The van der Waals surface area contributed by atoms with Crippen LogP contribution < -0.4 is 10.1 Å². The maximum absolute atomic E-state index is 13.3. The molecule has 1 fully saturated rings. The summed E-state index contributed by atoms with van der Waals surface area (Å²) in [5, 5.41) is 2.96. The third-order valence-corrected chi connectivity index (χ3v) is 9.35. The van der Waals surface area contributed by atoms with Crippen LogP contribution in [0.15, 0.2) is 77.2 Å². The van der Waals surface area contributed by atoms with Crippen molar-refractivity contribution in [3.63, 3.8) is 0 Å². The third kappa shape index (κ3) is 7.57. The van der Waals surface area contributed by atoms with Crippen LogP contribution in [-0.2, 0) is 25.9 Å². The molecule has 9 heteroatoms. The van der Waals surface area contributed by atoms with Gasteiger partial charge in [0.05, 0.1) is 17.3 Å². The molecule has 2 aliphatic rings. The molecule has 0 unspecified atom stereocenters. The summed E-state index contributed by atoms with van der Waals surface area (Å²) in [6, 6.07) is 21.3. The molecule has 218 valence electrons. The monoisotopic (exact) mass is 596 g/mol. The molecule has 3 aromatic rings. The van der Waals surface area contributed by atoms with Gasteiger partial charge >= 0.3 is 0 Å². The van der Waals surface area contributed by atoms with Crippen LogP contribution in [0.3, 0.4) is 0 Å². The number of amides is 1. The highest BCUT2D eigenvalue weighted by molar-refractivity contribution is 7.91. The lowest BCUT2D eigenvalue weighted by Gasteiger charge is -2.31. The Bertz CT molecular complexity index is 1480. The number of anilines is 1. The van der Waals surface area contributed by atoms with Crippen molar-refractivity contribution in [2.75, 3.05) is 37.9 Å². The third-order valence-electron chi connectivity index (χ3n) is 7.56. The topological polar surface area (TPSA) is 84.9 Å². The number of benzene rings is 3. The summed E-state index contributed by atoms with van der Waals surface area (Å²) >= 11 is 0. The second-order valence-corrected chi connectivity index (χ2v) is 12.4. The Kier molecular flexibility index (Phi) is 10.3. The maximum atomic E-state index is 13.3. The molecular formula is C32H37ClN2O5S. The van der Waals surface area contributed by atoms with Gasteiger partial charge in [-0.05, 0) is 98.0 Å². The fourth-order valence-electron chi connectivity index (χ4n) is 5.28. The molecule has 1 saturated heterocycles. The minimum atomic E-state index is -3.52. The number of hydrogen-bond donors (Lipinski definition) is 1. The molecule has 0 aromatic heterocycles. The molecule has 0 bridgehead atoms. The number of ether oxygens (including phenoxy) is 2. The zero-order chi connectivity index (χ0) is 28.1. The van der Waals surface area contributed by atoms with Gasteiger partial charge in [-0.3, -0.25) is 9.69 Å². The van der Waals surface area contributed by atoms with E-state index in [9.17, 15) is 13.2 Å². The number of carbonyl (C=O) groups is 1. The molecule has 2 aliphatic heterocycles. The van der Waals surface area contributed by atoms with Gasteiger partial charge in [-0.1, -0.05) is 30.3 Å². The number of halogens is 1. The lowest BCUT2D eigenvalue weighted by atomic mass is 10.0. The summed E-state index contributed by atoms with van der Waals surface area (Å²) in [5.41, 5.74) is 4.63. The van der Waals surface area contributed by atoms with E-state index >= 15 is 0 Å². The second-order valence-electron chi connectivity index (χ2n) is 10.4. The zero-order valence-corrected chi connectivity index (χ0v) is 25.1. The molecule has 1 N–H and O–H groups in total. The number of carbonyl (C=O) groups excluding carboxylic acids is 1. The van der Waals surface area contributed by atoms with E-state index in [4.69, 9.17) is 9.47 Å². The first kappa shape index (κ1) is 30.8. The normalized spacial score (nSPS) is 16.6. The van der Waals surface area contributed by atoms with E-state index < -0.39 is 9.84 Å². The van der Waals surface area contributed by atoms with Gasteiger partial charge in [0.1, 0.15) is 5.75 Å². The quantitative estimate of drug-likeness (QED) is 0.344. The minimum absolute atomic E-state index is 0. The Labute approximate surface area is 248 Å². The SMILES string of the molecule is CCOc1ccc(-c2ccc3c(c2)C=C(C(=O)Nc2ccc(CN(C)C4CCOCC4)cc2)CCS3(=O)=O)cc1.Cl. The largest absolute Gasteiger partial charge is 0.494 e. The van der Waals surface area contributed by atoms with Crippen molar-refractivity contribution in [3.8, 4) is 16.9 Å². The van der Waals surface area contributed by atoms with Crippen molar-refractivity contribution in [1.82, 2.24) is 4.90 Å². The summed E-state index contributed by atoms with van der Waals surface area (Å²) in [7, 11) is -1.39. The summed E-state index contributed by atoms with van der Waals surface area (Å²) in [5.74, 6) is 0.377. The van der Waals surface area contributed by atoms with E-state index in [1.807, 2.05) is 67.6 Å². The second kappa shape index (κ2) is 13.7. The molecular weight excluding hydrogens is 560 g/mol. The number of hydrogen-bond acceptors (Lipinski definition) is 6. The highest BCUT2D eigenvalue weighted by Gasteiger charge is 2.25. The van der Waals surface area contributed by atoms with Gasteiger partial charge < -0.3 is 14.8 Å². The van der Waals surface area contributed by atoms with Crippen molar-refractivity contribution in [1.29, 1.82) is 0 Å². The van der Waals surface area contributed by atoms with E-state index in [1.54, 1.807) is 12.1 Å². The first-order valence-electron chi connectivity index (χ1n) is 13.8. The summed E-state index contributed by atoms with van der Waals surface area (Å²) in [4.78, 5) is 15.9. The fourth-order valence-corrected chi connectivity index (χ4v) is 6.74. The van der Waals surface area contributed by atoms with Crippen molar-refractivity contribution in [3.05, 3.63) is 83.4 Å². The van der Waals surface area contributed by atoms with Gasteiger partial charge in [-0.2, -0.15) is 0 Å². The lowest BCUT2D eigenvalue weighted by molar-refractivity contribution is -0.112. The van der Waals surface area contributed by atoms with Crippen molar-refractivity contribution >= 4 is 39.9 Å². The molecule has 0 saturated carbocycles. The van der Waals surface area contributed by atoms with Crippen LogP contribution in [0.25, 0.3) is 17.2 Å².